The largest absolute Gasteiger partial charge is 0.373 e. The maximum Gasteiger partial charge on any atom is 0.133 e. The van der Waals surface area contributed by atoms with Gasteiger partial charge in [-0.3, -0.25) is 0 Å². The third-order valence-corrected chi connectivity index (χ3v) is 4.55. The molecule has 0 aliphatic rings. The van der Waals surface area contributed by atoms with Crippen LogP contribution in [0.3, 0.4) is 0 Å². The number of thiophene rings is 1. The van der Waals surface area contributed by atoms with Crippen molar-refractivity contribution in [2.24, 2.45) is 0 Å². The Balaban J connectivity index is 2.10. The van der Waals surface area contributed by atoms with Crippen molar-refractivity contribution in [3.8, 4) is 0 Å². The molecule has 0 bridgehead atoms. The molecule has 2 aromatic rings. The van der Waals surface area contributed by atoms with E-state index in [1.165, 1.54) is 4.88 Å². The molecular weight excluding hydrogens is 324 g/mol. The standard InChI is InChI=1S/C13H17BrN4S/c1-3-4-11-17-12(15-2)7-13(18-11)16-8-10-9(14)5-6-19-10/h5-7H,3-4,8H2,1-2H3,(H2,15,16,17,18). The van der Waals surface area contributed by atoms with Crippen molar-refractivity contribution in [2.75, 3.05) is 17.7 Å². The van der Waals surface area contributed by atoms with Gasteiger partial charge in [0.25, 0.3) is 0 Å². The molecule has 0 aromatic carbocycles. The van der Waals surface area contributed by atoms with Crippen LogP contribution in [0.1, 0.15) is 24.0 Å². The summed E-state index contributed by atoms with van der Waals surface area (Å²) in [6, 6.07) is 3.99. The Morgan fingerprint density at radius 3 is 2.74 bits per heavy atom. The van der Waals surface area contributed by atoms with E-state index >= 15 is 0 Å². The first kappa shape index (κ1) is 14.3. The molecule has 0 radical (unpaired) electrons. The van der Waals surface area contributed by atoms with Gasteiger partial charge >= 0.3 is 0 Å². The molecule has 0 amide bonds. The first-order chi connectivity index (χ1) is 9.22. The molecule has 0 saturated carbocycles. The van der Waals surface area contributed by atoms with E-state index in [0.29, 0.717) is 0 Å². The summed E-state index contributed by atoms with van der Waals surface area (Å²) in [6.45, 7) is 2.90. The SMILES string of the molecule is CCCc1nc(NC)cc(NCc2sccc2Br)n1. The monoisotopic (exact) mass is 340 g/mol. The Labute approximate surface area is 125 Å². The van der Waals surface area contributed by atoms with Crippen LogP contribution in [0.25, 0.3) is 0 Å². The number of nitrogens with one attached hydrogen (secondary N) is 2. The van der Waals surface area contributed by atoms with Crippen LogP contribution < -0.4 is 10.6 Å². The highest BCUT2D eigenvalue weighted by molar-refractivity contribution is 9.10. The first-order valence-electron chi connectivity index (χ1n) is 6.24. The fourth-order valence-corrected chi connectivity index (χ4v) is 3.11. The maximum atomic E-state index is 4.53. The number of rotatable bonds is 6. The summed E-state index contributed by atoms with van der Waals surface area (Å²) in [4.78, 5) is 10.2. The number of aryl methyl sites for hydroxylation is 1. The van der Waals surface area contributed by atoms with Gasteiger partial charge in [0, 0.05) is 28.9 Å². The molecule has 2 N–H and O–H groups in total. The fourth-order valence-electron chi connectivity index (χ4n) is 1.67. The lowest BCUT2D eigenvalue weighted by Crippen LogP contribution is -2.06. The molecule has 0 fully saturated rings. The van der Waals surface area contributed by atoms with Crippen LogP contribution >= 0.6 is 27.3 Å². The van der Waals surface area contributed by atoms with Crippen LogP contribution in [0.2, 0.25) is 0 Å². The van der Waals surface area contributed by atoms with Gasteiger partial charge in [0.2, 0.25) is 0 Å². The molecule has 2 rings (SSSR count). The lowest BCUT2D eigenvalue weighted by molar-refractivity contribution is 0.835. The molecule has 0 spiro atoms. The van der Waals surface area contributed by atoms with E-state index in [2.05, 4.69) is 54.9 Å². The zero-order valence-electron chi connectivity index (χ0n) is 11.0. The molecule has 0 unspecified atom stereocenters. The molecule has 2 aromatic heterocycles. The number of halogens is 1. The van der Waals surface area contributed by atoms with E-state index in [1.807, 2.05) is 13.1 Å². The number of anilines is 2. The van der Waals surface area contributed by atoms with Gasteiger partial charge in [0.15, 0.2) is 0 Å². The minimum absolute atomic E-state index is 0.768. The summed E-state index contributed by atoms with van der Waals surface area (Å²) in [6.07, 6.45) is 1.94. The highest BCUT2D eigenvalue weighted by Gasteiger charge is 2.05. The van der Waals surface area contributed by atoms with Gasteiger partial charge in [0.1, 0.15) is 17.5 Å². The molecule has 19 heavy (non-hydrogen) atoms. The second kappa shape index (κ2) is 6.86. The van der Waals surface area contributed by atoms with E-state index in [9.17, 15) is 0 Å². The molecule has 0 saturated heterocycles. The zero-order chi connectivity index (χ0) is 13.7. The highest BCUT2D eigenvalue weighted by Crippen LogP contribution is 2.23. The van der Waals surface area contributed by atoms with Crippen LogP contribution in [0.4, 0.5) is 11.6 Å². The van der Waals surface area contributed by atoms with Crippen LogP contribution in [-0.4, -0.2) is 17.0 Å². The van der Waals surface area contributed by atoms with Crippen molar-refractivity contribution in [3.63, 3.8) is 0 Å². The summed E-state index contributed by atoms with van der Waals surface area (Å²) < 4.78 is 1.14. The number of hydrogen-bond acceptors (Lipinski definition) is 5. The van der Waals surface area contributed by atoms with Crippen molar-refractivity contribution in [3.05, 3.63) is 32.7 Å². The van der Waals surface area contributed by atoms with Crippen LogP contribution in [0.15, 0.2) is 22.0 Å². The zero-order valence-corrected chi connectivity index (χ0v) is 13.4. The second-order valence-corrected chi connectivity index (χ2v) is 5.95. The van der Waals surface area contributed by atoms with E-state index in [1.54, 1.807) is 11.3 Å². The lowest BCUT2D eigenvalue weighted by atomic mass is 10.3. The van der Waals surface area contributed by atoms with Gasteiger partial charge in [-0.25, -0.2) is 9.97 Å². The Hall–Kier alpha value is -1.14. The Morgan fingerprint density at radius 1 is 1.32 bits per heavy atom. The van der Waals surface area contributed by atoms with E-state index < -0.39 is 0 Å². The summed E-state index contributed by atoms with van der Waals surface area (Å²) in [5.41, 5.74) is 0. The average Bonchev–Trinajstić information content (AvgIpc) is 2.82. The van der Waals surface area contributed by atoms with Crippen molar-refractivity contribution in [1.82, 2.24) is 9.97 Å². The molecule has 0 atom stereocenters. The number of aromatic nitrogens is 2. The van der Waals surface area contributed by atoms with Gasteiger partial charge in [-0.15, -0.1) is 11.3 Å². The second-order valence-electron chi connectivity index (χ2n) is 4.10. The third-order valence-electron chi connectivity index (χ3n) is 2.62. The Bertz CT molecular complexity index is 541. The fraction of sp³-hybridized carbons (Fsp3) is 0.385. The minimum atomic E-state index is 0.768. The summed E-state index contributed by atoms with van der Waals surface area (Å²) in [5.74, 6) is 2.59. The molecule has 0 aliphatic heterocycles. The smallest absolute Gasteiger partial charge is 0.133 e. The van der Waals surface area contributed by atoms with Gasteiger partial charge in [-0.1, -0.05) is 6.92 Å². The Kier molecular flexibility index (Phi) is 5.15. The molecule has 4 nitrogen and oxygen atoms in total. The maximum absolute atomic E-state index is 4.53. The average molecular weight is 341 g/mol. The van der Waals surface area contributed by atoms with Crippen LogP contribution in [0, 0.1) is 0 Å². The van der Waals surface area contributed by atoms with Gasteiger partial charge < -0.3 is 10.6 Å². The van der Waals surface area contributed by atoms with Crippen LogP contribution in [-0.2, 0) is 13.0 Å². The number of nitrogens with zero attached hydrogens (tertiary/aromatic N) is 2. The minimum Gasteiger partial charge on any atom is -0.373 e. The van der Waals surface area contributed by atoms with Crippen LogP contribution in [0.5, 0.6) is 0 Å². The van der Waals surface area contributed by atoms with Crippen molar-refractivity contribution < 1.29 is 0 Å². The molecular formula is C13H17BrN4S. The lowest BCUT2D eigenvalue weighted by Gasteiger charge is -2.09. The topological polar surface area (TPSA) is 49.8 Å². The van der Waals surface area contributed by atoms with E-state index in [0.717, 1.165) is 41.3 Å². The molecule has 2 heterocycles. The normalized spacial score (nSPS) is 10.5. The van der Waals surface area contributed by atoms with Gasteiger partial charge in [-0.05, 0) is 33.8 Å². The van der Waals surface area contributed by atoms with Gasteiger partial charge in [-0.2, -0.15) is 0 Å². The third kappa shape index (κ3) is 3.91. The first-order valence-corrected chi connectivity index (χ1v) is 7.91. The van der Waals surface area contributed by atoms with Crippen molar-refractivity contribution in [2.45, 2.75) is 26.3 Å². The van der Waals surface area contributed by atoms with Crippen molar-refractivity contribution >= 4 is 38.9 Å². The number of hydrogen-bond donors (Lipinski definition) is 2. The Morgan fingerprint density at radius 2 is 2.11 bits per heavy atom. The molecule has 102 valence electrons. The van der Waals surface area contributed by atoms with E-state index in [4.69, 9.17) is 0 Å². The summed E-state index contributed by atoms with van der Waals surface area (Å²) >= 11 is 5.26. The predicted octanol–water partition coefficient (Wildman–Crippen LogP) is 3.91. The predicted molar refractivity (Wildman–Crippen MR) is 84.9 cm³/mol. The highest BCUT2D eigenvalue weighted by atomic mass is 79.9. The quantitative estimate of drug-likeness (QED) is 0.836. The van der Waals surface area contributed by atoms with Crippen molar-refractivity contribution in [1.29, 1.82) is 0 Å². The van der Waals surface area contributed by atoms with Gasteiger partial charge in [0.05, 0.1) is 6.54 Å². The molecule has 0 aliphatic carbocycles. The summed E-state index contributed by atoms with van der Waals surface area (Å²) in [7, 11) is 1.87. The summed E-state index contributed by atoms with van der Waals surface area (Å²) in [5, 5.41) is 8.50. The molecule has 6 heteroatoms. The van der Waals surface area contributed by atoms with E-state index in [-0.39, 0.29) is 0 Å².